The number of nitrogens with one attached hydrogen (secondary N) is 2. The molecule has 0 bridgehead atoms. The molecule has 1 fully saturated rings. The largest absolute Gasteiger partial charge is 0.481 e. The summed E-state index contributed by atoms with van der Waals surface area (Å²) < 4.78 is 11.0. The molecule has 6 aromatic heterocycles. The molecule has 0 aromatic carbocycles. The van der Waals surface area contributed by atoms with Crippen LogP contribution in [0, 0.1) is 29.1 Å². The summed E-state index contributed by atoms with van der Waals surface area (Å²) in [6.45, 7) is 2.25. The van der Waals surface area contributed by atoms with Gasteiger partial charge >= 0.3 is 5.97 Å². The summed E-state index contributed by atoms with van der Waals surface area (Å²) in [6, 6.07) is 6.19. The number of nitriles is 1. The number of pyridine rings is 2. The lowest BCUT2D eigenvalue weighted by molar-refractivity contribution is -0.142. The maximum atomic E-state index is 12.9. The molecule has 0 unspecified atom stereocenters. The number of carboxylic acids is 1. The van der Waals surface area contributed by atoms with Gasteiger partial charge in [-0.25, -0.2) is 29.9 Å². The zero-order chi connectivity index (χ0) is 41.8. The molecule has 19 heteroatoms. The fourth-order valence-corrected chi connectivity index (χ4v) is 11.1. The van der Waals surface area contributed by atoms with E-state index in [1.54, 1.807) is 49.4 Å². The van der Waals surface area contributed by atoms with Crippen LogP contribution in [-0.4, -0.2) is 91.5 Å². The summed E-state index contributed by atoms with van der Waals surface area (Å²) in [5.74, 6) is 1.46. The van der Waals surface area contributed by atoms with E-state index in [-0.39, 0.29) is 23.7 Å². The highest BCUT2D eigenvalue weighted by Crippen LogP contribution is 2.43. The van der Waals surface area contributed by atoms with Crippen LogP contribution in [0.1, 0.15) is 56.2 Å². The summed E-state index contributed by atoms with van der Waals surface area (Å²) in [5.41, 5.74) is 7.55. The van der Waals surface area contributed by atoms with Crippen molar-refractivity contribution in [2.75, 3.05) is 37.9 Å². The van der Waals surface area contributed by atoms with Crippen molar-refractivity contribution in [1.29, 1.82) is 5.26 Å². The number of hydrogen-bond acceptors (Lipinski definition) is 17. The van der Waals surface area contributed by atoms with Gasteiger partial charge in [-0.3, -0.25) is 19.6 Å². The van der Waals surface area contributed by atoms with E-state index in [1.165, 1.54) is 16.8 Å². The van der Waals surface area contributed by atoms with Gasteiger partial charge in [-0.15, -0.1) is 22.7 Å². The number of aryl methyl sites for hydroxylation is 2. The Labute approximate surface area is 356 Å². The zero-order valence-corrected chi connectivity index (χ0v) is 34.8. The highest BCUT2D eigenvalue weighted by molar-refractivity contribution is 7.19. The van der Waals surface area contributed by atoms with Gasteiger partial charge in [0.05, 0.1) is 67.4 Å². The topological polar surface area (TPSA) is 226 Å². The van der Waals surface area contributed by atoms with Gasteiger partial charge in [0.2, 0.25) is 17.7 Å². The van der Waals surface area contributed by atoms with Gasteiger partial charge in [0.25, 0.3) is 0 Å². The number of amides is 1. The fourth-order valence-electron chi connectivity index (χ4n) is 8.61. The Bertz CT molecular complexity index is 2880. The predicted molar refractivity (Wildman–Crippen MR) is 230 cm³/mol. The maximum Gasteiger partial charge on any atom is 0.306 e. The Morgan fingerprint density at radius 2 is 1.30 bits per heavy atom. The number of thiophene rings is 2. The molecule has 2 aliphatic carbocycles. The van der Waals surface area contributed by atoms with E-state index >= 15 is 0 Å². The van der Waals surface area contributed by atoms with Crippen molar-refractivity contribution in [3.05, 3.63) is 68.2 Å². The number of fused-ring (bicyclic) bond motifs is 8. The van der Waals surface area contributed by atoms with E-state index in [0.717, 1.165) is 77.7 Å². The van der Waals surface area contributed by atoms with Crippen molar-refractivity contribution in [3.63, 3.8) is 0 Å². The van der Waals surface area contributed by atoms with Gasteiger partial charge in [-0.05, 0) is 61.8 Å². The van der Waals surface area contributed by atoms with Crippen LogP contribution in [0.3, 0.4) is 0 Å². The number of aromatic nitrogens is 6. The number of aliphatic carboxylic acids is 1. The van der Waals surface area contributed by atoms with Crippen molar-refractivity contribution < 1.29 is 24.2 Å². The van der Waals surface area contributed by atoms with Crippen LogP contribution < -0.4 is 20.1 Å². The van der Waals surface area contributed by atoms with E-state index in [1.807, 2.05) is 23.2 Å². The van der Waals surface area contributed by atoms with E-state index in [0.29, 0.717) is 75.1 Å². The number of carbonyl (C=O) groups excluding carboxylic acids is 1. The standard InChI is InChI=1S/C23H21N7O2S.C19H17N5O3S/c1-32-21-16(4-14-7-25-8-17(14)29-21)28-20-19-15-3-2-13(23(31)30-9-12(6-24)10-30)5-18(15)33-22(19)27-11-26-20;1-27-17-12(4-10-6-20-7-13(10)24-17)23-16-15-11-3-2-9(19(25)26)5-14(11)28-18(15)22-8-21-16/h4,7,11-13H,2-3,5,8-10H2,1H3,(H,26,27,28);4,6,8-9H,2-3,5,7H2,1H3,(H,25,26)(H,21,22,23)/t13-;9-/m00/s1. The van der Waals surface area contributed by atoms with Gasteiger partial charge in [0, 0.05) is 52.3 Å². The Hall–Kier alpha value is -6.65. The molecule has 308 valence electrons. The van der Waals surface area contributed by atoms with Gasteiger partial charge < -0.3 is 30.1 Å². The summed E-state index contributed by atoms with van der Waals surface area (Å²) >= 11 is 3.19. The van der Waals surface area contributed by atoms with E-state index in [4.69, 9.17) is 14.7 Å². The van der Waals surface area contributed by atoms with E-state index in [2.05, 4.69) is 56.6 Å². The molecule has 1 amide bonds. The van der Waals surface area contributed by atoms with Crippen LogP contribution in [0.15, 0.2) is 34.8 Å². The number of carboxylic acid groups (broad SMARTS) is 1. The number of ether oxygens (including phenoxy) is 2. The second-order valence-corrected chi connectivity index (χ2v) is 17.6. The molecule has 3 aliphatic heterocycles. The molecule has 0 radical (unpaired) electrons. The third-order valence-corrected chi connectivity index (χ3v) is 14.1. The number of likely N-dealkylation sites (tertiary alicyclic amines) is 1. The Kier molecular flexibility index (Phi) is 9.95. The van der Waals surface area contributed by atoms with Gasteiger partial charge in [0.1, 0.15) is 45.3 Å². The lowest BCUT2D eigenvalue weighted by atomic mass is 9.85. The van der Waals surface area contributed by atoms with Crippen LogP contribution in [0.25, 0.3) is 20.4 Å². The van der Waals surface area contributed by atoms with Gasteiger partial charge in [-0.1, -0.05) is 0 Å². The fraction of sp³-hybridized carbons (Fsp3) is 0.357. The molecule has 9 heterocycles. The van der Waals surface area contributed by atoms with Crippen LogP contribution in [0.4, 0.5) is 23.0 Å². The molecule has 0 spiro atoms. The molecule has 11 rings (SSSR count). The maximum absolute atomic E-state index is 12.9. The highest BCUT2D eigenvalue weighted by atomic mass is 32.1. The quantitative estimate of drug-likeness (QED) is 0.164. The second-order valence-electron chi connectivity index (χ2n) is 15.5. The number of carbonyl (C=O) groups is 2. The molecule has 6 aromatic rings. The summed E-state index contributed by atoms with van der Waals surface area (Å²) in [5, 5.41) is 27.1. The van der Waals surface area contributed by atoms with E-state index in [9.17, 15) is 14.7 Å². The normalized spacial score (nSPS) is 18.3. The van der Waals surface area contributed by atoms with Crippen LogP contribution in [0.2, 0.25) is 0 Å². The molecule has 1 saturated heterocycles. The predicted octanol–water partition coefficient (Wildman–Crippen LogP) is 5.82. The Morgan fingerprint density at radius 1 is 0.787 bits per heavy atom. The number of nitrogens with zero attached hydrogens (tertiary/aromatic N) is 10. The molecule has 2 atom stereocenters. The van der Waals surface area contributed by atoms with Crippen molar-refractivity contribution in [2.45, 2.75) is 51.6 Å². The zero-order valence-electron chi connectivity index (χ0n) is 33.1. The Balaban J connectivity index is 0.000000148. The molecular weight excluding hydrogens is 817 g/mol. The number of aliphatic imine (C=N–C) groups is 2. The van der Waals surface area contributed by atoms with Crippen LogP contribution in [0.5, 0.6) is 11.8 Å². The highest BCUT2D eigenvalue weighted by Gasteiger charge is 2.37. The third-order valence-electron chi connectivity index (χ3n) is 11.8. The van der Waals surface area contributed by atoms with Crippen molar-refractivity contribution in [3.8, 4) is 17.8 Å². The lowest BCUT2D eigenvalue weighted by Crippen LogP contribution is -2.52. The number of methoxy groups -OCH3 is 2. The average Bonchev–Trinajstić information content (AvgIpc) is 4.07. The number of rotatable bonds is 8. The first-order chi connectivity index (χ1) is 29.8. The first kappa shape index (κ1) is 38.5. The van der Waals surface area contributed by atoms with Crippen LogP contribution in [-0.2, 0) is 48.4 Å². The van der Waals surface area contributed by atoms with Crippen molar-refractivity contribution in [1.82, 2.24) is 34.8 Å². The monoisotopic (exact) mass is 854 g/mol. The SMILES string of the molecule is COc1nc2c(cc1Nc1ncnc3sc4c(c13)CC[C@H](C(=O)N1CC(C#N)C1)C4)C=NC2.COc1nc2c(cc1Nc1ncnc3sc4c(c13)CC[C@H](C(=O)O)C4)C=NC2. The molecule has 0 saturated carbocycles. The van der Waals surface area contributed by atoms with Crippen molar-refractivity contribution in [2.24, 2.45) is 27.7 Å². The minimum absolute atomic E-state index is 0.0155. The third kappa shape index (κ3) is 7.04. The minimum atomic E-state index is -0.733. The Morgan fingerprint density at radius 3 is 1.79 bits per heavy atom. The molecular formula is C42H38N12O5S2. The molecule has 61 heavy (non-hydrogen) atoms. The van der Waals surface area contributed by atoms with Gasteiger partial charge in [-0.2, -0.15) is 5.26 Å². The van der Waals surface area contributed by atoms with E-state index < -0.39 is 5.97 Å². The lowest BCUT2D eigenvalue weighted by Gasteiger charge is -2.38. The molecule has 5 aliphatic rings. The number of anilines is 4. The van der Waals surface area contributed by atoms with Gasteiger partial charge in [0.15, 0.2) is 0 Å². The average molecular weight is 855 g/mol. The van der Waals surface area contributed by atoms with Crippen LogP contribution >= 0.6 is 22.7 Å². The van der Waals surface area contributed by atoms with Crippen molar-refractivity contribution >= 4 is 90.4 Å². The summed E-state index contributed by atoms with van der Waals surface area (Å²) in [6.07, 6.45) is 10.9. The smallest absolute Gasteiger partial charge is 0.306 e. The second kappa shape index (κ2) is 15.7. The number of hydrogen-bond donors (Lipinski definition) is 3. The molecule has 3 N–H and O–H groups in total. The summed E-state index contributed by atoms with van der Waals surface area (Å²) in [4.78, 5) is 65.7. The minimum Gasteiger partial charge on any atom is -0.481 e. The first-order valence-corrected chi connectivity index (χ1v) is 21.5. The molecule has 17 nitrogen and oxygen atoms in total. The first-order valence-electron chi connectivity index (χ1n) is 19.9. The summed E-state index contributed by atoms with van der Waals surface area (Å²) in [7, 11) is 3.19.